The Morgan fingerprint density at radius 1 is 0.433 bits per heavy atom. The molecular weight excluding hydrogens is 729 g/mol. The van der Waals surface area contributed by atoms with Crippen molar-refractivity contribution in [2.24, 2.45) is 0 Å². The van der Waals surface area contributed by atoms with Gasteiger partial charge in [0, 0.05) is 87.5 Å². The maximum Gasteiger partial charge on any atom is 0.213 e. The smallest absolute Gasteiger partial charge is 0.213 e. The first kappa shape index (κ1) is 37.3. The van der Waals surface area contributed by atoms with Gasteiger partial charge in [-0.1, -0.05) is 60.7 Å². The number of nitrogens with zero attached hydrogens (tertiary/aromatic N) is 4. The second-order valence-corrected chi connectivity index (χ2v) is 18.1. The van der Waals surface area contributed by atoms with Gasteiger partial charge in [0.2, 0.25) is 11.4 Å². The third-order valence-corrected chi connectivity index (χ3v) is 14.3. The zero-order valence-electron chi connectivity index (χ0n) is 35.1. The maximum atomic E-state index is 2.65. The van der Waals surface area contributed by atoms with Crippen molar-refractivity contribution in [1.82, 2.24) is 0 Å². The molecule has 60 heavy (non-hydrogen) atoms. The van der Waals surface area contributed by atoms with Crippen molar-refractivity contribution in [1.29, 1.82) is 0 Å². The van der Waals surface area contributed by atoms with E-state index >= 15 is 0 Å². The van der Waals surface area contributed by atoms with Gasteiger partial charge in [-0.2, -0.15) is 9.13 Å². The summed E-state index contributed by atoms with van der Waals surface area (Å²) in [7, 11) is 0. The van der Waals surface area contributed by atoms with Crippen molar-refractivity contribution < 1.29 is 9.13 Å². The molecule has 5 aliphatic rings. The molecule has 4 nitrogen and oxygen atoms in total. The second-order valence-electron chi connectivity index (χ2n) is 18.1. The highest BCUT2D eigenvalue weighted by Gasteiger charge is 2.36. The lowest BCUT2D eigenvalue weighted by Gasteiger charge is -2.37. The SMILES string of the molecule is C(=C(/c1ccccc1)c1cccc[n+]1C1CCC([n+]2ccccc2/C(=C/c2cc3c4c(c2)CCCN4CCC3)c2ccccc2)CC1)/c1cc2c3c(c1)CCCN3CCC2. The van der Waals surface area contributed by atoms with Crippen molar-refractivity contribution in [3.8, 4) is 0 Å². The van der Waals surface area contributed by atoms with Crippen LogP contribution in [0, 0.1) is 0 Å². The van der Waals surface area contributed by atoms with Crippen LogP contribution in [-0.2, 0) is 25.7 Å². The fraction of sp³-hybridized carbons (Fsp3) is 0.321. The molecule has 0 saturated heterocycles. The molecule has 4 aromatic carbocycles. The Bertz CT molecular complexity index is 2340. The van der Waals surface area contributed by atoms with E-state index < -0.39 is 0 Å². The van der Waals surface area contributed by atoms with Crippen LogP contribution >= 0.6 is 0 Å². The average molecular weight is 787 g/mol. The number of benzene rings is 4. The molecule has 300 valence electrons. The van der Waals surface area contributed by atoms with Crippen LogP contribution < -0.4 is 18.9 Å². The normalized spacial score (nSPS) is 20.1. The summed E-state index contributed by atoms with van der Waals surface area (Å²) in [5.41, 5.74) is 19.8. The first-order valence-corrected chi connectivity index (χ1v) is 23.1. The number of aromatic nitrogens is 2. The number of hydrogen-bond acceptors (Lipinski definition) is 2. The minimum absolute atomic E-state index is 0.437. The molecule has 0 unspecified atom stereocenters. The predicted molar refractivity (Wildman–Crippen MR) is 247 cm³/mol. The number of aryl methyl sites for hydroxylation is 4. The molecule has 0 bridgehead atoms. The molecule has 0 amide bonds. The van der Waals surface area contributed by atoms with Gasteiger partial charge >= 0.3 is 0 Å². The molecule has 0 atom stereocenters. The summed E-state index contributed by atoms with van der Waals surface area (Å²) in [5, 5.41) is 0. The van der Waals surface area contributed by atoms with Crippen molar-refractivity contribution in [2.45, 2.75) is 89.1 Å². The fourth-order valence-electron chi connectivity index (χ4n) is 11.6. The van der Waals surface area contributed by atoms with E-state index in [2.05, 4.69) is 165 Å². The van der Waals surface area contributed by atoms with Crippen molar-refractivity contribution in [2.75, 3.05) is 36.0 Å². The molecule has 1 saturated carbocycles. The standard InChI is InChI=1S/C56H58N4/c1-3-15-43(16-4-1)51(39-41-35-45-19-11-29-57-30-12-20-46(36-41)55(45)57)53-23-7-9-33-59(53)49-25-27-50(28-26-49)60-34-10-8-24-54(60)52(44-17-5-2-6-18-44)40-42-37-47-21-13-31-58-32-14-22-48(38-42)56(47)58/h1-10,15-18,23-24,33-40,49-50H,11-14,19-22,25-32H2/q+2. The molecule has 2 aromatic heterocycles. The van der Waals surface area contributed by atoms with Crippen LogP contribution in [0.4, 0.5) is 11.4 Å². The largest absolute Gasteiger partial charge is 0.371 e. The Hall–Kier alpha value is -5.74. The lowest BCUT2D eigenvalue weighted by Crippen LogP contribution is -2.49. The van der Waals surface area contributed by atoms with Gasteiger partial charge in [-0.15, -0.1) is 0 Å². The summed E-state index contributed by atoms with van der Waals surface area (Å²) < 4.78 is 5.24. The van der Waals surface area contributed by atoms with E-state index in [1.807, 2.05) is 0 Å². The Morgan fingerprint density at radius 2 is 0.783 bits per heavy atom. The average Bonchev–Trinajstić information content (AvgIpc) is 3.31. The van der Waals surface area contributed by atoms with Gasteiger partial charge in [0.15, 0.2) is 24.5 Å². The van der Waals surface area contributed by atoms with Gasteiger partial charge < -0.3 is 9.80 Å². The summed E-state index contributed by atoms with van der Waals surface area (Å²) in [4.78, 5) is 5.30. The van der Waals surface area contributed by atoms with Crippen LogP contribution in [-0.4, -0.2) is 26.2 Å². The Morgan fingerprint density at radius 3 is 1.15 bits per heavy atom. The third kappa shape index (κ3) is 7.18. The molecule has 6 aromatic rings. The zero-order valence-corrected chi connectivity index (χ0v) is 35.1. The number of hydrogen-bond donors (Lipinski definition) is 0. The van der Waals surface area contributed by atoms with E-state index in [1.54, 1.807) is 33.6 Å². The Balaban J connectivity index is 0.915. The lowest BCUT2D eigenvalue weighted by molar-refractivity contribution is -0.750. The van der Waals surface area contributed by atoms with E-state index in [0.717, 1.165) is 25.7 Å². The number of pyridine rings is 2. The van der Waals surface area contributed by atoms with Crippen LogP contribution in [0.25, 0.3) is 23.3 Å². The van der Waals surface area contributed by atoms with Crippen LogP contribution in [0.5, 0.6) is 0 Å². The van der Waals surface area contributed by atoms with Crippen LogP contribution in [0.2, 0.25) is 0 Å². The molecular formula is C56H58N4+2. The zero-order chi connectivity index (χ0) is 39.8. The summed E-state index contributed by atoms with van der Waals surface area (Å²) in [6.07, 6.45) is 24.1. The molecule has 4 heteroatoms. The highest BCUT2D eigenvalue weighted by molar-refractivity contribution is 5.91. The van der Waals surface area contributed by atoms with Gasteiger partial charge in [0.25, 0.3) is 0 Å². The highest BCUT2D eigenvalue weighted by Crippen LogP contribution is 2.40. The van der Waals surface area contributed by atoms with Crippen LogP contribution in [0.15, 0.2) is 134 Å². The van der Waals surface area contributed by atoms with Gasteiger partial charge in [-0.25, -0.2) is 0 Å². The summed E-state index contributed by atoms with van der Waals surface area (Å²) in [5.74, 6) is 0. The fourth-order valence-corrected chi connectivity index (χ4v) is 11.6. The van der Waals surface area contributed by atoms with Crippen molar-refractivity contribution in [3.05, 3.63) is 190 Å². The number of rotatable bonds is 8. The minimum atomic E-state index is 0.437. The summed E-state index contributed by atoms with van der Waals surface area (Å²) >= 11 is 0. The first-order chi connectivity index (χ1) is 29.7. The quantitative estimate of drug-likeness (QED) is 0.113. The summed E-state index contributed by atoms with van der Waals surface area (Å²) in [6.45, 7) is 4.84. The second kappa shape index (κ2) is 16.4. The van der Waals surface area contributed by atoms with E-state index in [0.29, 0.717) is 12.1 Å². The van der Waals surface area contributed by atoms with E-state index in [-0.39, 0.29) is 0 Å². The molecule has 1 aliphatic carbocycles. The summed E-state index contributed by atoms with van der Waals surface area (Å²) in [6, 6.07) is 46.8. The molecule has 0 radical (unpaired) electrons. The van der Waals surface area contributed by atoms with E-state index in [4.69, 9.17) is 0 Å². The van der Waals surface area contributed by atoms with Gasteiger partial charge in [-0.3, -0.25) is 0 Å². The molecule has 6 heterocycles. The first-order valence-electron chi connectivity index (χ1n) is 23.1. The molecule has 1 fully saturated rings. The van der Waals surface area contributed by atoms with Crippen LogP contribution in [0.3, 0.4) is 0 Å². The minimum Gasteiger partial charge on any atom is -0.371 e. The molecule has 0 N–H and O–H groups in total. The van der Waals surface area contributed by atoms with Crippen molar-refractivity contribution in [3.63, 3.8) is 0 Å². The van der Waals surface area contributed by atoms with Gasteiger partial charge in [-0.05, 0) is 144 Å². The van der Waals surface area contributed by atoms with E-state index in [9.17, 15) is 0 Å². The number of anilines is 2. The Kier molecular flexibility index (Phi) is 10.2. The predicted octanol–water partition coefficient (Wildman–Crippen LogP) is 11.2. The molecule has 4 aliphatic heterocycles. The van der Waals surface area contributed by atoms with Crippen molar-refractivity contribution >= 4 is 34.7 Å². The van der Waals surface area contributed by atoms with Crippen LogP contribution in [0.1, 0.15) is 119 Å². The third-order valence-electron chi connectivity index (χ3n) is 14.3. The van der Waals surface area contributed by atoms with Gasteiger partial charge in [0.05, 0.1) is 11.1 Å². The topological polar surface area (TPSA) is 14.2 Å². The Labute approximate surface area is 357 Å². The highest BCUT2D eigenvalue weighted by atomic mass is 15.1. The maximum absolute atomic E-state index is 2.65. The lowest BCUT2D eigenvalue weighted by atomic mass is 9.87. The van der Waals surface area contributed by atoms with Gasteiger partial charge in [0.1, 0.15) is 0 Å². The molecule has 11 rings (SSSR count). The molecule has 0 spiro atoms. The van der Waals surface area contributed by atoms with E-state index in [1.165, 1.54) is 122 Å². The monoisotopic (exact) mass is 786 g/mol.